The molecule has 0 unspecified atom stereocenters. The number of anilines is 3. The molecule has 200 valence electrons. The van der Waals surface area contributed by atoms with Gasteiger partial charge in [-0.15, -0.1) is 0 Å². The fourth-order valence-corrected chi connectivity index (χ4v) is 7.79. The Morgan fingerprint density at radius 3 is 1.86 bits per heavy atom. The minimum atomic E-state index is -0.141. The van der Waals surface area contributed by atoms with Crippen molar-refractivity contribution in [3.63, 3.8) is 0 Å². The molecule has 8 aromatic carbocycles. The molecule has 0 N–H and O–H groups in total. The molecule has 9 rings (SSSR count). The average molecular weight is 540 g/mol. The van der Waals surface area contributed by atoms with Crippen LogP contribution in [-0.4, -0.2) is 7.11 Å². The van der Waals surface area contributed by atoms with Crippen molar-refractivity contribution in [2.45, 2.75) is 19.3 Å². The molecule has 1 aliphatic rings. The summed E-state index contributed by atoms with van der Waals surface area (Å²) < 4.78 is 5.54. The molecular formula is C40H29NO. The largest absolute Gasteiger partial charge is 0.497 e. The van der Waals surface area contributed by atoms with Crippen LogP contribution in [0.2, 0.25) is 0 Å². The predicted molar refractivity (Wildman–Crippen MR) is 179 cm³/mol. The monoisotopic (exact) mass is 539 g/mol. The second-order valence-corrected chi connectivity index (χ2v) is 12.1. The van der Waals surface area contributed by atoms with Crippen LogP contribution in [0.5, 0.6) is 5.75 Å². The summed E-state index contributed by atoms with van der Waals surface area (Å²) in [5, 5.41) is 13.4. The molecule has 1 aliphatic carbocycles. The van der Waals surface area contributed by atoms with Gasteiger partial charge in [0.25, 0.3) is 0 Å². The minimum Gasteiger partial charge on any atom is -0.497 e. The maximum atomic E-state index is 5.54. The zero-order chi connectivity index (χ0) is 28.2. The third-order valence-electron chi connectivity index (χ3n) is 9.64. The Morgan fingerprint density at radius 1 is 0.476 bits per heavy atom. The van der Waals surface area contributed by atoms with Crippen LogP contribution in [0.1, 0.15) is 25.0 Å². The van der Waals surface area contributed by atoms with E-state index in [4.69, 9.17) is 4.74 Å². The van der Waals surface area contributed by atoms with Crippen LogP contribution in [0.15, 0.2) is 121 Å². The van der Waals surface area contributed by atoms with Crippen molar-refractivity contribution in [1.29, 1.82) is 0 Å². The van der Waals surface area contributed by atoms with Gasteiger partial charge in [0.2, 0.25) is 0 Å². The van der Waals surface area contributed by atoms with Crippen molar-refractivity contribution in [3.05, 3.63) is 132 Å². The molecule has 0 saturated heterocycles. The molecule has 0 aliphatic heterocycles. The van der Waals surface area contributed by atoms with E-state index in [9.17, 15) is 0 Å². The summed E-state index contributed by atoms with van der Waals surface area (Å²) in [4.78, 5) is 2.44. The first-order chi connectivity index (χ1) is 20.6. The van der Waals surface area contributed by atoms with Crippen LogP contribution < -0.4 is 9.64 Å². The molecule has 2 heteroatoms. The fraction of sp³-hybridized carbons (Fsp3) is 0.100. The van der Waals surface area contributed by atoms with Gasteiger partial charge in [-0.1, -0.05) is 98.8 Å². The lowest BCUT2D eigenvalue weighted by atomic mass is 9.68. The Balaban J connectivity index is 1.56. The summed E-state index contributed by atoms with van der Waals surface area (Å²) in [6.07, 6.45) is 0. The van der Waals surface area contributed by atoms with Gasteiger partial charge in [-0.05, 0) is 85.2 Å². The third-order valence-corrected chi connectivity index (χ3v) is 9.64. The van der Waals surface area contributed by atoms with E-state index in [1.165, 1.54) is 70.7 Å². The summed E-state index contributed by atoms with van der Waals surface area (Å²) in [5.74, 6) is 0.851. The lowest BCUT2D eigenvalue weighted by Crippen LogP contribution is -2.23. The highest BCUT2D eigenvalue weighted by Crippen LogP contribution is 2.56. The highest BCUT2D eigenvalue weighted by molar-refractivity contribution is 6.42. The number of hydrogen-bond acceptors (Lipinski definition) is 2. The Hall–Kier alpha value is -5.08. The molecule has 0 spiro atoms. The van der Waals surface area contributed by atoms with Crippen molar-refractivity contribution in [2.75, 3.05) is 12.0 Å². The molecule has 0 bridgehead atoms. The fourth-order valence-electron chi connectivity index (χ4n) is 7.79. The zero-order valence-corrected chi connectivity index (χ0v) is 23.9. The Morgan fingerprint density at radius 2 is 1.10 bits per heavy atom. The molecule has 0 fully saturated rings. The van der Waals surface area contributed by atoms with Crippen LogP contribution in [0, 0.1) is 0 Å². The first-order valence-electron chi connectivity index (χ1n) is 14.7. The normalized spacial score (nSPS) is 13.8. The predicted octanol–water partition coefficient (Wildman–Crippen LogP) is 11.0. The number of rotatable bonds is 4. The number of methoxy groups -OCH3 is 1. The molecule has 2 nitrogen and oxygen atoms in total. The number of benzene rings is 8. The van der Waals surface area contributed by atoms with Crippen molar-refractivity contribution in [2.24, 2.45) is 0 Å². The van der Waals surface area contributed by atoms with E-state index >= 15 is 0 Å². The molecule has 0 aromatic heterocycles. The van der Waals surface area contributed by atoms with Crippen LogP contribution in [-0.2, 0) is 5.41 Å². The Labute approximate surface area is 244 Å². The number of hydrogen-bond donors (Lipinski definition) is 0. The summed E-state index contributed by atoms with van der Waals surface area (Å²) in [5.41, 5.74) is 6.12. The van der Waals surface area contributed by atoms with Crippen molar-refractivity contribution in [1.82, 2.24) is 0 Å². The van der Waals surface area contributed by atoms with E-state index in [-0.39, 0.29) is 5.41 Å². The average Bonchev–Trinajstić information content (AvgIpc) is 3.04. The minimum absolute atomic E-state index is 0.141. The van der Waals surface area contributed by atoms with Gasteiger partial charge in [0.1, 0.15) is 5.75 Å². The maximum absolute atomic E-state index is 5.54. The summed E-state index contributed by atoms with van der Waals surface area (Å²) in [7, 11) is 1.72. The van der Waals surface area contributed by atoms with Crippen LogP contribution >= 0.6 is 0 Å². The maximum Gasteiger partial charge on any atom is 0.119 e. The molecule has 0 saturated carbocycles. The summed E-state index contributed by atoms with van der Waals surface area (Å²) in [6.45, 7) is 4.79. The third kappa shape index (κ3) is 2.89. The SMILES string of the molecule is COc1ccc(N(c2ccccc2)c2c3cccc4c3c3c5c(ccc6cccc(c7cccc2c73)c65)C4(C)C)cc1. The quantitative estimate of drug-likeness (QED) is 0.163. The van der Waals surface area contributed by atoms with Gasteiger partial charge in [0.05, 0.1) is 12.8 Å². The molecule has 0 atom stereocenters. The Kier molecular flexibility index (Phi) is 4.63. The van der Waals surface area contributed by atoms with Gasteiger partial charge < -0.3 is 9.64 Å². The lowest BCUT2D eigenvalue weighted by molar-refractivity contribution is 0.415. The van der Waals surface area contributed by atoms with Gasteiger partial charge in [0.15, 0.2) is 0 Å². The smallest absolute Gasteiger partial charge is 0.119 e. The second kappa shape index (κ2) is 8.24. The Bertz CT molecular complexity index is 2350. The first kappa shape index (κ1) is 23.6. The second-order valence-electron chi connectivity index (χ2n) is 12.1. The van der Waals surface area contributed by atoms with E-state index in [1.54, 1.807) is 7.11 Å². The van der Waals surface area contributed by atoms with Crippen molar-refractivity contribution >= 4 is 70.9 Å². The topological polar surface area (TPSA) is 12.5 Å². The standard InChI is InChI=1S/C40H29NO/c1-40(2)32-17-9-16-31-36(32)38-35-29(28-13-7-10-24-18-23-33(40)37(38)34(24)28)14-8-15-30(35)39(31)41(25-11-5-4-6-12-25)26-19-21-27(42-3)22-20-26/h4-23H,1-3H3. The molecule has 8 aromatic rings. The number of nitrogens with zero attached hydrogens (tertiary/aromatic N) is 1. The summed E-state index contributed by atoms with van der Waals surface area (Å²) >= 11 is 0. The van der Waals surface area contributed by atoms with Gasteiger partial charge in [-0.25, -0.2) is 0 Å². The van der Waals surface area contributed by atoms with Crippen LogP contribution in [0.3, 0.4) is 0 Å². The highest BCUT2D eigenvalue weighted by atomic mass is 16.5. The molecular weight excluding hydrogens is 510 g/mol. The molecule has 0 amide bonds. The van der Waals surface area contributed by atoms with E-state index in [1.807, 2.05) is 0 Å². The summed E-state index contributed by atoms with van der Waals surface area (Å²) in [6, 6.07) is 44.5. The van der Waals surface area contributed by atoms with Gasteiger partial charge in [-0.2, -0.15) is 0 Å². The number of para-hydroxylation sites is 1. The number of ether oxygens (including phenoxy) is 1. The molecule has 0 heterocycles. The van der Waals surface area contributed by atoms with Crippen molar-refractivity contribution in [3.8, 4) is 5.75 Å². The van der Waals surface area contributed by atoms with Crippen LogP contribution in [0.4, 0.5) is 17.1 Å². The van der Waals surface area contributed by atoms with Crippen molar-refractivity contribution < 1.29 is 4.74 Å². The zero-order valence-electron chi connectivity index (χ0n) is 23.9. The van der Waals surface area contributed by atoms with E-state index in [2.05, 4.69) is 140 Å². The van der Waals surface area contributed by atoms with E-state index < -0.39 is 0 Å². The van der Waals surface area contributed by atoms with E-state index in [0.29, 0.717) is 0 Å². The van der Waals surface area contributed by atoms with Gasteiger partial charge >= 0.3 is 0 Å². The van der Waals surface area contributed by atoms with Crippen LogP contribution in [0.25, 0.3) is 53.9 Å². The van der Waals surface area contributed by atoms with Gasteiger partial charge in [-0.3, -0.25) is 0 Å². The van der Waals surface area contributed by atoms with E-state index in [0.717, 1.165) is 17.1 Å². The highest BCUT2D eigenvalue weighted by Gasteiger charge is 2.35. The number of fused-ring (bicyclic) bond motifs is 1. The van der Waals surface area contributed by atoms with Gasteiger partial charge in [0, 0.05) is 32.9 Å². The lowest BCUT2D eigenvalue weighted by Gasteiger charge is -2.37. The molecule has 0 radical (unpaired) electrons. The first-order valence-corrected chi connectivity index (χ1v) is 14.7. The molecule has 42 heavy (non-hydrogen) atoms.